The third-order valence-corrected chi connectivity index (χ3v) is 4.35. The van der Waals surface area contributed by atoms with Crippen LogP contribution in [-0.2, 0) is 9.47 Å². The fourth-order valence-corrected chi connectivity index (χ4v) is 3.37. The van der Waals surface area contributed by atoms with E-state index in [0.717, 1.165) is 30.8 Å². The lowest BCUT2D eigenvalue weighted by Crippen LogP contribution is -2.33. The number of methoxy groups -OCH3 is 2. The summed E-state index contributed by atoms with van der Waals surface area (Å²) in [5, 5.41) is 3.44. The topological polar surface area (TPSA) is 30.5 Å². The molecule has 0 aromatic heterocycles. The van der Waals surface area contributed by atoms with Gasteiger partial charge in [-0.2, -0.15) is 0 Å². The van der Waals surface area contributed by atoms with E-state index in [4.69, 9.17) is 9.47 Å². The summed E-state index contributed by atoms with van der Waals surface area (Å²) in [6.45, 7) is 0. The van der Waals surface area contributed by atoms with Crippen LogP contribution in [0.5, 0.6) is 0 Å². The van der Waals surface area contributed by atoms with Gasteiger partial charge in [-0.1, -0.05) is 12.2 Å². The zero-order valence-corrected chi connectivity index (χ0v) is 12.3. The predicted octanol–water partition coefficient (Wildman–Crippen LogP) is 3.00. The normalized spacial score (nSPS) is 24.9. The van der Waals surface area contributed by atoms with Crippen LogP contribution in [0.2, 0.25) is 0 Å². The summed E-state index contributed by atoms with van der Waals surface area (Å²) in [6.07, 6.45) is 11.5. The highest BCUT2D eigenvalue weighted by Gasteiger charge is 2.32. The van der Waals surface area contributed by atoms with Gasteiger partial charge < -0.3 is 14.8 Å². The van der Waals surface area contributed by atoms with Crippen LogP contribution in [0.25, 0.3) is 0 Å². The van der Waals surface area contributed by atoms with Gasteiger partial charge in [0, 0.05) is 18.0 Å². The molecule has 1 atom stereocenters. The van der Waals surface area contributed by atoms with Crippen LogP contribution < -0.4 is 5.32 Å². The first-order valence-electron chi connectivity index (χ1n) is 7.09. The molecule has 106 valence electrons. The van der Waals surface area contributed by atoms with Crippen molar-refractivity contribution in [3.63, 3.8) is 0 Å². The number of nitrogens with one attached hydrogen (secondary N) is 1. The molecular weight excluding hydrogens is 250 g/mol. The van der Waals surface area contributed by atoms with Crippen LogP contribution in [0.4, 0.5) is 0 Å². The maximum atomic E-state index is 5.58. The first kappa shape index (κ1) is 13.3. The Morgan fingerprint density at radius 3 is 2.80 bits per heavy atom. The number of likely N-dealkylation sites (N-methyl/N-ethyl adjacent to an activating group) is 1. The smallest absolute Gasteiger partial charge is 0.122 e. The van der Waals surface area contributed by atoms with Crippen molar-refractivity contribution >= 4 is 0 Å². The molecule has 3 heteroatoms. The van der Waals surface area contributed by atoms with Crippen LogP contribution in [-0.4, -0.2) is 27.3 Å². The first-order chi connectivity index (χ1) is 9.78. The maximum absolute atomic E-state index is 5.58. The second-order valence-electron chi connectivity index (χ2n) is 5.30. The Hall–Kier alpha value is -1.74. The zero-order valence-electron chi connectivity index (χ0n) is 12.3. The molecule has 3 rings (SSSR count). The Bertz CT molecular complexity index is 576. The molecule has 0 saturated heterocycles. The molecular formula is C17H21NO2. The van der Waals surface area contributed by atoms with E-state index >= 15 is 0 Å². The van der Waals surface area contributed by atoms with Gasteiger partial charge in [0.15, 0.2) is 0 Å². The lowest BCUT2D eigenvalue weighted by molar-refractivity contribution is 0.277. The molecule has 3 aliphatic carbocycles. The Morgan fingerprint density at radius 1 is 1.25 bits per heavy atom. The van der Waals surface area contributed by atoms with E-state index in [1.165, 1.54) is 22.3 Å². The minimum Gasteiger partial charge on any atom is -0.501 e. The Morgan fingerprint density at radius 2 is 2.10 bits per heavy atom. The zero-order chi connectivity index (χ0) is 14.1. The van der Waals surface area contributed by atoms with Gasteiger partial charge in [-0.05, 0) is 48.8 Å². The van der Waals surface area contributed by atoms with Crippen molar-refractivity contribution in [3.8, 4) is 0 Å². The fraction of sp³-hybridized carbons (Fsp3) is 0.412. The van der Waals surface area contributed by atoms with Crippen molar-refractivity contribution in [2.45, 2.75) is 25.3 Å². The van der Waals surface area contributed by atoms with Gasteiger partial charge in [-0.25, -0.2) is 0 Å². The van der Waals surface area contributed by atoms with Crippen LogP contribution >= 0.6 is 0 Å². The second-order valence-corrected chi connectivity index (χ2v) is 5.30. The molecule has 3 aliphatic rings. The number of allylic oxidation sites excluding steroid dienone is 8. The minimum atomic E-state index is 0.423. The predicted molar refractivity (Wildman–Crippen MR) is 80.1 cm³/mol. The average Bonchev–Trinajstić information content (AvgIpc) is 2.67. The molecule has 0 aliphatic heterocycles. The Labute approximate surface area is 120 Å². The molecule has 0 aromatic rings. The Balaban J connectivity index is 2.18. The maximum Gasteiger partial charge on any atom is 0.122 e. The fourth-order valence-electron chi connectivity index (χ4n) is 3.37. The van der Waals surface area contributed by atoms with Crippen molar-refractivity contribution in [1.29, 1.82) is 0 Å². The largest absolute Gasteiger partial charge is 0.501 e. The minimum absolute atomic E-state index is 0.423. The summed E-state index contributed by atoms with van der Waals surface area (Å²) < 4.78 is 11.1. The third kappa shape index (κ3) is 2.02. The standard InChI is InChI=1S/C17H21NO2/c1-18-15-8-7-13-16(20-3)6-4-5-11-9-12(19-2)10-14(15)17(11)13/h4-6,9,15,18H,7-8,10H2,1-3H3. The van der Waals surface area contributed by atoms with Gasteiger partial charge in [-0.15, -0.1) is 0 Å². The van der Waals surface area contributed by atoms with Gasteiger partial charge in [0.25, 0.3) is 0 Å². The molecule has 0 spiro atoms. The number of hydrogen-bond donors (Lipinski definition) is 1. The van der Waals surface area contributed by atoms with Gasteiger partial charge in [-0.3, -0.25) is 0 Å². The van der Waals surface area contributed by atoms with E-state index < -0.39 is 0 Å². The second kappa shape index (κ2) is 5.33. The van der Waals surface area contributed by atoms with Crippen LogP contribution in [0.3, 0.4) is 0 Å². The molecule has 0 amide bonds. The van der Waals surface area contributed by atoms with Crippen molar-refractivity contribution in [2.24, 2.45) is 0 Å². The van der Waals surface area contributed by atoms with E-state index in [-0.39, 0.29) is 0 Å². The molecule has 0 bridgehead atoms. The highest BCUT2D eigenvalue weighted by Crippen LogP contribution is 2.43. The summed E-state index contributed by atoms with van der Waals surface area (Å²) in [5.74, 6) is 2.03. The number of hydrogen-bond acceptors (Lipinski definition) is 3. The van der Waals surface area contributed by atoms with E-state index in [2.05, 4.69) is 29.6 Å². The van der Waals surface area contributed by atoms with Crippen LogP contribution in [0.1, 0.15) is 19.3 Å². The van der Waals surface area contributed by atoms with Gasteiger partial charge in [0.05, 0.1) is 14.2 Å². The summed E-state index contributed by atoms with van der Waals surface area (Å²) in [5.41, 5.74) is 5.36. The lowest BCUT2D eigenvalue weighted by atomic mass is 9.76. The van der Waals surface area contributed by atoms with Crippen molar-refractivity contribution in [2.75, 3.05) is 21.3 Å². The molecule has 1 N–H and O–H groups in total. The van der Waals surface area contributed by atoms with Gasteiger partial charge in [0.2, 0.25) is 0 Å². The average molecular weight is 271 g/mol. The Kier molecular flexibility index (Phi) is 3.53. The molecule has 0 saturated carbocycles. The van der Waals surface area contributed by atoms with E-state index in [9.17, 15) is 0 Å². The lowest BCUT2D eigenvalue weighted by Gasteiger charge is -2.34. The highest BCUT2D eigenvalue weighted by molar-refractivity contribution is 5.64. The molecule has 0 heterocycles. The van der Waals surface area contributed by atoms with Crippen LogP contribution in [0, 0.1) is 0 Å². The third-order valence-electron chi connectivity index (χ3n) is 4.35. The first-order valence-corrected chi connectivity index (χ1v) is 7.09. The molecule has 3 nitrogen and oxygen atoms in total. The van der Waals surface area contributed by atoms with E-state index in [1.54, 1.807) is 14.2 Å². The van der Waals surface area contributed by atoms with E-state index in [1.807, 2.05) is 7.05 Å². The number of rotatable bonds is 3. The summed E-state index contributed by atoms with van der Waals surface area (Å²) in [6, 6.07) is 0.423. The van der Waals surface area contributed by atoms with Gasteiger partial charge >= 0.3 is 0 Å². The van der Waals surface area contributed by atoms with Crippen molar-refractivity contribution in [1.82, 2.24) is 5.32 Å². The summed E-state index contributed by atoms with van der Waals surface area (Å²) >= 11 is 0. The SMILES string of the molecule is CNC1CCC2=C(OC)C=CC=C3C=C(OC)CC1=C32. The molecule has 0 fully saturated rings. The van der Waals surface area contributed by atoms with Crippen molar-refractivity contribution < 1.29 is 9.47 Å². The molecule has 0 radical (unpaired) electrons. The summed E-state index contributed by atoms with van der Waals surface area (Å²) in [7, 11) is 5.54. The molecule has 1 unspecified atom stereocenters. The van der Waals surface area contributed by atoms with Gasteiger partial charge in [0.1, 0.15) is 11.5 Å². The quantitative estimate of drug-likeness (QED) is 0.856. The highest BCUT2D eigenvalue weighted by atomic mass is 16.5. The number of ether oxygens (including phenoxy) is 2. The van der Waals surface area contributed by atoms with Crippen LogP contribution in [0.15, 0.2) is 58.1 Å². The monoisotopic (exact) mass is 271 g/mol. The van der Waals surface area contributed by atoms with Crippen molar-refractivity contribution in [3.05, 3.63) is 58.1 Å². The molecule has 0 aromatic carbocycles. The molecule has 20 heavy (non-hydrogen) atoms. The summed E-state index contributed by atoms with van der Waals surface area (Å²) in [4.78, 5) is 0. The van der Waals surface area contributed by atoms with E-state index in [0.29, 0.717) is 6.04 Å².